The Labute approximate surface area is 108 Å². The summed E-state index contributed by atoms with van der Waals surface area (Å²) in [6, 6.07) is 5.21. The van der Waals surface area contributed by atoms with E-state index >= 15 is 0 Å². The van der Waals surface area contributed by atoms with E-state index in [0.717, 1.165) is 18.9 Å². The zero-order chi connectivity index (χ0) is 13.4. The average Bonchev–Trinajstić information content (AvgIpc) is 2.91. The van der Waals surface area contributed by atoms with Crippen LogP contribution < -0.4 is 5.43 Å². The van der Waals surface area contributed by atoms with Gasteiger partial charge in [-0.3, -0.25) is 9.59 Å². The Hall–Kier alpha value is -2.17. The van der Waals surface area contributed by atoms with Gasteiger partial charge in [0.05, 0.1) is 0 Å². The van der Waals surface area contributed by atoms with Gasteiger partial charge in [0.15, 0.2) is 11.2 Å². The van der Waals surface area contributed by atoms with Crippen molar-refractivity contribution >= 4 is 16.9 Å². The molecule has 2 aromatic rings. The van der Waals surface area contributed by atoms with Crippen LogP contribution in [0.1, 0.15) is 23.4 Å². The van der Waals surface area contributed by atoms with E-state index in [1.165, 1.54) is 18.2 Å². The molecule has 0 atom stereocenters. The molecule has 98 valence electrons. The fourth-order valence-corrected chi connectivity index (χ4v) is 2.35. The number of carbonyl (C=O) groups excluding carboxylic acids is 1. The third kappa shape index (κ3) is 2.01. The first kappa shape index (κ1) is 11.9. The van der Waals surface area contributed by atoms with Gasteiger partial charge in [0.25, 0.3) is 5.91 Å². The van der Waals surface area contributed by atoms with E-state index in [1.54, 1.807) is 4.90 Å². The van der Waals surface area contributed by atoms with Crippen molar-refractivity contribution in [1.29, 1.82) is 0 Å². The molecule has 0 saturated carbocycles. The van der Waals surface area contributed by atoms with Crippen LogP contribution >= 0.6 is 0 Å². The van der Waals surface area contributed by atoms with Gasteiger partial charge in [0.2, 0.25) is 0 Å². The molecular weight excluding hydrogens is 249 g/mol. The first-order valence-corrected chi connectivity index (χ1v) is 6.18. The minimum atomic E-state index is -0.633. The third-order valence-corrected chi connectivity index (χ3v) is 3.31. The minimum Gasteiger partial charge on any atom is -0.451 e. The molecule has 0 bridgehead atoms. The molecule has 0 radical (unpaired) electrons. The summed E-state index contributed by atoms with van der Waals surface area (Å²) in [5.74, 6) is -0.961. The maximum absolute atomic E-state index is 13.5. The van der Waals surface area contributed by atoms with Crippen molar-refractivity contribution in [3.63, 3.8) is 0 Å². The van der Waals surface area contributed by atoms with Crippen molar-refractivity contribution < 1.29 is 13.6 Å². The number of benzene rings is 1. The number of amides is 1. The fourth-order valence-electron chi connectivity index (χ4n) is 2.35. The van der Waals surface area contributed by atoms with Crippen LogP contribution in [0, 0.1) is 5.82 Å². The van der Waals surface area contributed by atoms with E-state index in [2.05, 4.69) is 0 Å². The SMILES string of the molecule is O=C(c1cc(=O)c2c(F)cccc2o1)N1CCCC1. The number of rotatable bonds is 1. The van der Waals surface area contributed by atoms with E-state index in [4.69, 9.17) is 4.42 Å². The van der Waals surface area contributed by atoms with Crippen LogP contribution in [0.2, 0.25) is 0 Å². The normalized spacial score (nSPS) is 15.1. The zero-order valence-corrected chi connectivity index (χ0v) is 10.2. The van der Waals surface area contributed by atoms with E-state index < -0.39 is 11.2 Å². The zero-order valence-electron chi connectivity index (χ0n) is 10.2. The van der Waals surface area contributed by atoms with E-state index in [0.29, 0.717) is 13.1 Å². The highest BCUT2D eigenvalue weighted by molar-refractivity contribution is 5.93. The maximum Gasteiger partial charge on any atom is 0.289 e. The monoisotopic (exact) mass is 261 g/mol. The lowest BCUT2D eigenvalue weighted by atomic mass is 10.2. The van der Waals surface area contributed by atoms with Gasteiger partial charge in [-0.25, -0.2) is 4.39 Å². The Bertz CT molecular complexity index is 701. The van der Waals surface area contributed by atoms with Gasteiger partial charge in [-0.1, -0.05) is 6.07 Å². The highest BCUT2D eigenvalue weighted by Gasteiger charge is 2.22. The van der Waals surface area contributed by atoms with Crippen LogP contribution in [0.15, 0.2) is 33.5 Å². The predicted molar refractivity (Wildman–Crippen MR) is 67.6 cm³/mol. The second-order valence-corrected chi connectivity index (χ2v) is 4.59. The molecular formula is C14H12FNO3. The summed E-state index contributed by atoms with van der Waals surface area (Å²) in [6.07, 6.45) is 1.91. The lowest BCUT2D eigenvalue weighted by Gasteiger charge is -2.14. The van der Waals surface area contributed by atoms with Crippen LogP contribution in [0.3, 0.4) is 0 Å². The van der Waals surface area contributed by atoms with Crippen molar-refractivity contribution in [2.75, 3.05) is 13.1 Å². The van der Waals surface area contributed by atoms with E-state index in [9.17, 15) is 14.0 Å². The van der Waals surface area contributed by atoms with Gasteiger partial charge in [-0.05, 0) is 25.0 Å². The van der Waals surface area contributed by atoms with Crippen LogP contribution in [0.25, 0.3) is 11.0 Å². The van der Waals surface area contributed by atoms with E-state index in [1.807, 2.05) is 0 Å². The second kappa shape index (κ2) is 4.50. The third-order valence-electron chi connectivity index (χ3n) is 3.31. The van der Waals surface area contributed by atoms with Crippen LogP contribution in [-0.2, 0) is 0 Å². The maximum atomic E-state index is 13.5. The topological polar surface area (TPSA) is 50.5 Å². The van der Waals surface area contributed by atoms with Gasteiger partial charge < -0.3 is 9.32 Å². The Balaban J connectivity index is 2.11. The standard InChI is InChI=1S/C14H12FNO3/c15-9-4-3-5-11-13(9)10(17)8-12(19-11)14(18)16-6-1-2-7-16/h3-5,8H,1-2,6-7H2. The predicted octanol–water partition coefficient (Wildman–Crippen LogP) is 2.17. The van der Waals surface area contributed by atoms with Crippen molar-refractivity contribution in [1.82, 2.24) is 4.90 Å². The Morgan fingerprint density at radius 2 is 2.00 bits per heavy atom. The number of halogens is 1. The van der Waals surface area contributed by atoms with Gasteiger partial charge in [0.1, 0.15) is 16.8 Å². The quantitative estimate of drug-likeness (QED) is 0.790. The first-order valence-electron chi connectivity index (χ1n) is 6.18. The van der Waals surface area contributed by atoms with Crippen molar-refractivity contribution in [3.05, 3.63) is 46.1 Å². The summed E-state index contributed by atoms with van der Waals surface area (Å²) >= 11 is 0. The van der Waals surface area contributed by atoms with E-state index in [-0.39, 0.29) is 22.6 Å². The van der Waals surface area contributed by atoms with Gasteiger partial charge in [0, 0.05) is 19.2 Å². The molecule has 4 nitrogen and oxygen atoms in total. The number of likely N-dealkylation sites (tertiary alicyclic amines) is 1. The molecule has 0 N–H and O–H groups in total. The van der Waals surface area contributed by atoms with Crippen molar-refractivity contribution in [2.45, 2.75) is 12.8 Å². The molecule has 1 amide bonds. The Morgan fingerprint density at radius 3 is 2.74 bits per heavy atom. The number of carbonyl (C=O) groups is 1. The molecule has 1 aromatic heterocycles. The molecule has 1 aliphatic rings. The van der Waals surface area contributed by atoms with Crippen LogP contribution in [0.4, 0.5) is 4.39 Å². The lowest BCUT2D eigenvalue weighted by Crippen LogP contribution is -2.28. The number of hydrogen-bond donors (Lipinski definition) is 0. The summed E-state index contributed by atoms with van der Waals surface area (Å²) in [7, 11) is 0. The van der Waals surface area contributed by atoms with Crippen molar-refractivity contribution in [2.24, 2.45) is 0 Å². The molecule has 2 heterocycles. The van der Waals surface area contributed by atoms with Crippen LogP contribution in [0.5, 0.6) is 0 Å². The molecule has 3 rings (SSSR count). The number of fused-ring (bicyclic) bond motifs is 1. The molecule has 0 unspecified atom stereocenters. The fraction of sp³-hybridized carbons (Fsp3) is 0.286. The lowest BCUT2D eigenvalue weighted by molar-refractivity contribution is 0.0762. The number of hydrogen-bond acceptors (Lipinski definition) is 3. The smallest absolute Gasteiger partial charge is 0.289 e. The summed E-state index contributed by atoms with van der Waals surface area (Å²) in [5.41, 5.74) is -0.419. The van der Waals surface area contributed by atoms with Gasteiger partial charge >= 0.3 is 0 Å². The van der Waals surface area contributed by atoms with Crippen molar-refractivity contribution in [3.8, 4) is 0 Å². The second-order valence-electron chi connectivity index (χ2n) is 4.59. The summed E-state index contributed by atoms with van der Waals surface area (Å²) in [6.45, 7) is 1.34. The van der Waals surface area contributed by atoms with Crippen LogP contribution in [-0.4, -0.2) is 23.9 Å². The summed E-state index contributed by atoms with van der Waals surface area (Å²) in [5, 5.41) is -0.111. The molecule has 1 aliphatic heterocycles. The average molecular weight is 261 g/mol. The Morgan fingerprint density at radius 1 is 1.26 bits per heavy atom. The largest absolute Gasteiger partial charge is 0.451 e. The molecule has 0 spiro atoms. The highest BCUT2D eigenvalue weighted by atomic mass is 19.1. The molecule has 1 aromatic carbocycles. The summed E-state index contributed by atoms with van der Waals surface area (Å²) in [4.78, 5) is 25.6. The molecule has 1 saturated heterocycles. The molecule has 5 heteroatoms. The minimum absolute atomic E-state index is 0.0231. The summed E-state index contributed by atoms with van der Waals surface area (Å²) < 4.78 is 18.9. The molecule has 1 fully saturated rings. The molecule has 0 aliphatic carbocycles. The van der Waals surface area contributed by atoms with Gasteiger partial charge in [-0.15, -0.1) is 0 Å². The Kier molecular flexibility index (Phi) is 2.81. The first-order chi connectivity index (χ1) is 9.16. The van der Waals surface area contributed by atoms with Gasteiger partial charge in [-0.2, -0.15) is 0 Å². The number of nitrogens with zero attached hydrogens (tertiary/aromatic N) is 1. The highest BCUT2D eigenvalue weighted by Crippen LogP contribution is 2.18. The molecule has 19 heavy (non-hydrogen) atoms.